The second-order valence-corrected chi connectivity index (χ2v) is 7.80. The largest absolute Gasteiger partial charge is 0.508 e. The molecule has 10 heteroatoms. The maximum absolute atomic E-state index is 12.4. The lowest BCUT2D eigenvalue weighted by molar-refractivity contribution is -0.137. The minimum absolute atomic E-state index is 0.0513. The zero-order valence-electron chi connectivity index (χ0n) is 18.3. The molecule has 2 aromatic carbocycles. The summed E-state index contributed by atoms with van der Waals surface area (Å²) < 4.78 is 10.6. The van der Waals surface area contributed by atoms with Crippen LogP contribution in [-0.2, 0) is 9.59 Å². The van der Waals surface area contributed by atoms with Crippen molar-refractivity contribution in [3.63, 3.8) is 0 Å². The molecule has 0 aliphatic heterocycles. The molecule has 172 valence electrons. The summed E-state index contributed by atoms with van der Waals surface area (Å²) in [6.45, 7) is 3.42. The first-order valence-corrected chi connectivity index (χ1v) is 9.96. The number of amides is 3. The second kappa shape index (κ2) is 9.86. The third kappa shape index (κ3) is 6.10. The van der Waals surface area contributed by atoms with Crippen molar-refractivity contribution in [3.8, 4) is 22.8 Å². The average Bonchev–Trinajstić information content (AvgIpc) is 3.32. The van der Waals surface area contributed by atoms with Crippen LogP contribution in [0.1, 0.15) is 24.2 Å². The van der Waals surface area contributed by atoms with Crippen molar-refractivity contribution >= 4 is 23.4 Å². The molecule has 0 fully saturated rings. The quantitative estimate of drug-likeness (QED) is 0.403. The standard InChI is InChI=1S/C23H24N4O6/c1-23(2,12-25-20(29)14-4-7-16(28)8-5-14)27-22(31)21(30)26-15-6-9-17(18(10-15)32-3)19-11-24-13-33-19/h4-11,13,28H,12H2,1-3H3,(H,25,29)(H,26,30)(H,27,31). The van der Waals surface area contributed by atoms with E-state index in [1.54, 1.807) is 32.0 Å². The molecule has 0 bridgehead atoms. The van der Waals surface area contributed by atoms with Crippen molar-refractivity contribution in [1.82, 2.24) is 15.6 Å². The number of phenolic OH excluding ortho intramolecular Hbond substituents is 1. The minimum Gasteiger partial charge on any atom is -0.508 e. The highest BCUT2D eigenvalue weighted by atomic mass is 16.5. The van der Waals surface area contributed by atoms with Crippen LogP contribution < -0.4 is 20.7 Å². The van der Waals surface area contributed by atoms with Crippen LogP contribution in [0, 0.1) is 0 Å². The number of nitrogens with one attached hydrogen (secondary N) is 3. The number of methoxy groups -OCH3 is 1. The molecule has 0 saturated carbocycles. The third-order valence-electron chi connectivity index (χ3n) is 4.64. The topological polar surface area (TPSA) is 143 Å². The fourth-order valence-corrected chi connectivity index (χ4v) is 2.93. The molecule has 1 heterocycles. The molecule has 0 aliphatic rings. The molecular weight excluding hydrogens is 428 g/mol. The first-order chi connectivity index (χ1) is 15.7. The van der Waals surface area contributed by atoms with Gasteiger partial charge in [-0.25, -0.2) is 4.98 Å². The highest BCUT2D eigenvalue weighted by Crippen LogP contribution is 2.32. The summed E-state index contributed by atoms with van der Waals surface area (Å²) >= 11 is 0. The van der Waals surface area contributed by atoms with Crippen LogP contribution in [0.25, 0.3) is 11.3 Å². The van der Waals surface area contributed by atoms with E-state index in [1.165, 1.54) is 44.0 Å². The molecule has 3 amide bonds. The number of rotatable bonds is 7. The normalized spacial score (nSPS) is 10.9. The van der Waals surface area contributed by atoms with Gasteiger partial charge in [0.15, 0.2) is 12.2 Å². The molecule has 0 unspecified atom stereocenters. The van der Waals surface area contributed by atoms with Gasteiger partial charge in [0.05, 0.1) is 24.4 Å². The molecule has 1 aromatic heterocycles. The first kappa shape index (κ1) is 23.3. The van der Waals surface area contributed by atoms with Gasteiger partial charge in [-0.05, 0) is 50.2 Å². The smallest absolute Gasteiger partial charge is 0.313 e. The summed E-state index contributed by atoms with van der Waals surface area (Å²) in [4.78, 5) is 40.9. The Hall–Kier alpha value is -4.34. The number of anilines is 1. The van der Waals surface area contributed by atoms with E-state index in [0.29, 0.717) is 28.3 Å². The van der Waals surface area contributed by atoms with Crippen LogP contribution in [0.2, 0.25) is 0 Å². The van der Waals surface area contributed by atoms with E-state index in [2.05, 4.69) is 20.9 Å². The number of aromatic hydroxyl groups is 1. The Kier molecular flexibility index (Phi) is 6.97. The molecule has 10 nitrogen and oxygen atoms in total. The van der Waals surface area contributed by atoms with Gasteiger partial charge in [0, 0.05) is 23.9 Å². The Morgan fingerprint density at radius 2 is 1.82 bits per heavy atom. The maximum atomic E-state index is 12.4. The lowest BCUT2D eigenvalue weighted by atomic mass is 10.1. The van der Waals surface area contributed by atoms with Gasteiger partial charge in [0.2, 0.25) is 0 Å². The summed E-state index contributed by atoms with van der Waals surface area (Å²) in [6.07, 6.45) is 2.83. The van der Waals surface area contributed by atoms with E-state index in [9.17, 15) is 19.5 Å². The zero-order valence-corrected chi connectivity index (χ0v) is 18.3. The number of nitrogens with zero attached hydrogens (tertiary/aromatic N) is 1. The number of aromatic nitrogens is 1. The fraction of sp³-hybridized carbons (Fsp3) is 0.217. The van der Waals surface area contributed by atoms with Gasteiger partial charge >= 0.3 is 11.8 Å². The summed E-state index contributed by atoms with van der Waals surface area (Å²) in [5, 5.41) is 17.1. The third-order valence-corrected chi connectivity index (χ3v) is 4.64. The fourth-order valence-electron chi connectivity index (χ4n) is 2.93. The van der Waals surface area contributed by atoms with Crippen LogP contribution in [0.5, 0.6) is 11.5 Å². The number of hydrogen-bond acceptors (Lipinski definition) is 7. The SMILES string of the molecule is COc1cc(NC(=O)C(=O)NC(C)(C)CNC(=O)c2ccc(O)cc2)ccc1-c1cnco1. The number of ether oxygens (including phenoxy) is 1. The van der Waals surface area contributed by atoms with E-state index in [4.69, 9.17) is 9.15 Å². The average molecular weight is 452 g/mol. The van der Waals surface area contributed by atoms with Crippen LogP contribution in [0.3, 0.4) is 0 Å². The highest BCUT2D eigenvalue weighted by molar-refractivity contribution is 6.39. The van der Waals surface area contributed by atoms with Crippen molar-refractivity contribution < 1.29 is 28.6 Å². The van der Waals surface area contributed by atoms with E-state index in [-0.39, 0.29) is 18.2 Å². The zero-order chi connectivity index (χ0) is 24.0. The summed E-state index contributed by atoms with van der Waals surface area (Å²) in [7, 11) is 1.47. The molecule has 33 heavy (non-hydrogen) atoms. The predicted molar refractivity (Wildman–Crippen MR) is 120 cm³/mol. The predicted octanol–water partition coefficient (Wildman–Crippen LogP) is 2.32. The van der Waals surface area contributed by atoms with E-state index >= 15 is 0 Å². The summed E-state index contributed by atoms with van der Waals surface area (Å²) in [5.41, 5.74) is 0.446. The van der Waals surface area contributed by atoms with Gasteiger partial charge in [0.1, 0.15) is 11.5 Å². The number of hydrogen-bond donors (Lipinski definition) is 4. The number of oxazole rings is 1. The van der Waals surface area contributed by atoms with Gasteiger partial charge < -0.3 is 30.2 Å². The van der Waals surface area contributed by atoms with Gasteiger partial charge in [-0.1, -0.05) is 0 Å². The van der Waals surface area contributed by atoms with Crippen molar-refractivity contribution in [2.24, 2.45) is 0 Å². The first-order valence-electron chi connectivity index (χ1n) is 9.96. The Morgan fingerprint density at radius 3 is 2.45 bits per heavy atom. The van der Waals surface area contributed by atoms with Gasteiger partial charge in [-0.3, -0.25) is 14.4 Å². The van der Waals surface area contributed by atoms with Gasteiger partial charge in [-0.15, -0.1) is 0 Å². The van der Waals surface area contributed by atoms with Crippen molar-refractivity contribution in [3.05, 3.63) is 60.6 Å². The number of benzene rings is 2. The summed E-state index contributed by atoms with van der Waals surface area (Å²) in [6, 6.07) is 10.6. The van der Waals surface area contributed by atoms with Crippen LogP contribution in [0.4, 0.5) is 5.69 Å². The molecule has 0 spiro atoms. The molecule has 4 N–H and O–H groups in total. The van der Waals surface area contributed by atoms with E-state index in [0.717, 1.165) is 0 Å². The monoisotopic (exact) mass is 452 g/mol. The number of carbonyl (C=O) groups excluding carboxylic acids is 3. The lowest BCUT2D eigenvalue weighted by Crippen LogP contribution is -2.54. The highest BCUT2D eigenvalue weighted by Gasteiger charge is 2.25. The maximum Gasteiger partial charge on any atom is 0.313 e. The van der Waals surface area contributed by atoms with E-state index in [1.807, 2.05) is 0 Å². The van der Waals surface area contributed by atoms with Crippen molar-refractivity contribution in [2.75, 3.05) is 19.0 Å². The Labute approximate surface area is 190 Å². The van der Waals surface area contributed by atoms with Crippen molar-refractivity contribution in [1.29, 1.82) is 0 Å². The van der Waals surface area contributed by atoms with Crippen molar-refractivity contribution in [2.45, 2.75) is 19.4 Å². The molecule has 3 rings (SSSR count). The summed E-state index contributed by atoms with van der Waals surface area (Å²) in [5.74, 6) is -1.13. The van der Waals surface area contributed by atoms with E-state index < -0.39 is 17.4 Å². The lowest BCUT2D eigenvalue weighted by Gasteiger charge is -2.26. The molecule has 0 saturated heterocycles. The second-order valence-electron chi connectivity index (χ2n) is 7.80. The Bertz CT molecular complexity index is 1140. The number of carbonyl (C=O) groups is 3. The molecule has 0 aliphatic carbocycles. The Morgan fingerprint density at radius 1 is 1.09 bits per heavy atom. The van der Waals surface area contributed by atoms with Crippen LogP contribution in [-0.4, -0.2) is 47.0 Å². The molecule has 0 radical (unpaired) electrons. The Balaban J connectivity index is 1.57. The van der Waals surface area contributed by atoms with Crippen LogP contribution >= 0.6 is 0 Å². The molecular formula is C23H24N4O6. The minimum atomic E-state index is -0.908. The van der Waals surface area contributed by atoms with Crippen LogP contribution in [0.15, 0.2) is 59.5 Å². The molecule has 3 aromatic rings. The number of phenols is 1. The van der Waals surface area contributed by atoms with Gasteiger partial charge in [-0.2, -0.15) is 0 Å². The molecule has 0 atom stereocenters. The van der Waals surface area contributed by atoms with Gasteiger partial charge in [0.25, 0.3) is 5.91 Å².